The van der Waals surface area contributed by atoms with Gasteiger partial charge in [-0.3, -0.25) is 4.90 Å². The van der Waals surface area contributed by atoms with Gasteiger partial charge in [-0.15, -0.1) is 0 Å². The summed E-state index contributed by atoms with van der Waals surface area (Å²) in [5.74, 6) is 0.677. The third kappa shape index (κ3) is 3.73. The van der Waals surface area contributed by atoms with Gasteiger partial charge in [0.05, 0.1) is 12.8 Å². The minimum absolute atomic E-state index is 0.676. The molecule has 1 aliphatic carbocycles. The molecule has 3 rings (SSSR count). The van der Waals surface area contributed by atoms with Crippen molar-refractivity contribution < 1.29 is 4.74 Å². The highest BCUT2D eigenvalue weighted by molar-refractivity contribution is 5.39. The maximum Gasteiger partial charge on any atom is 0.213 e. The summed E-state index contributed by atoms with van der Waals surface area (Å²) in [6, 6.07) is 14.7. The molecule has 0 aliphatic heterocycles. The van der Waals surface area contributed by atoms with Gasteiger partial charge >= 0.3 is 0 Å². The molecule has 21 heavy (non-hydrogen) atoms. The molecule has 4 nitrogen and oxygen atoms in total. The first-order valence-corrected chi connectivity index (χ1v) is 7.33. The zero-order valence-corrected chi connectivity index (χ0v) is 12.3. The molecule has 0 bridgehead atoms. The maximum absolute atomic E-state index is 5.75. The van der Waals surface area contributed by atoms with Crippen LogP contribution in [-0.2, 0) is 13.1 Å². The highest BCUT2D eigenvalue weighted by atomic mass is 16.5. The molecule has 0 unspecified atom stereocenters. The number of rotatable bonds is 6. The Morgan fingerprint density at radius 2 is 1.90 bits per heavy atom. The summed E-state index contributed by atoms with van der Waals surface area (Å²) in [5, 5.41) is 0. The number of aromatic nitrogens is 1. The highest BCUT2D eigenvalue weighted by Crippen LogP contribution is 2.29. The van der Waals surface area contributed by atoms with E-state index in [0.717, 1.165) is 24.5 Å². The van der Waals surface area contributed by atoms with Gasteiger partial charge in [-0.25, -0.2) is 4.98 Å². The average Bonchev–Trinajstić information content (AvgIpc) is 3.34. The van der Waals surface area contributed by atoms with E-state index in [-0.39, 0.29) is 0 Å². The minimum atomic E-state index is 0.676. The van der Waals surface area contributed by atoms with Crippen molar-refractivity contribution in [3.63, 3.8) is 0 Å². The van der Waals surface area contributed by atoms with Gasteiger partial charge in [-0.2, -0.15) is 0 Å². The number of nitrogen functional groups attached to an aromatic ring is 1. The van der Waals surface area contributed by atoms with Gasteiger partial charge in [0, 0.05) is 30.9 Å². The lowest BCUT2D eigenvalue weighted by molar-refractivity contribution is 0.241. The first kappa shape index (κ1) is 13.9. The summed E-state index contributed by atoms with van der Waals surface area (Å²) in [6.07, 6.45) is 2.55. The Hall–Kier alpha value is -2.07. The third-order valence-corrected chi connectivity index (χ3v) is 3.78. The Bertz CT molecular complexity index is 593. The number of benzene rings is 1. The van der Waals surface area contributed by atoms with Crippen LogP contribution in [0.1, 0.15) is 24.1 Å². The third-order valence-electron chi connectivity index (χ3n) is 3.78. The van der Waals surface area contributed by atoms with Crippen LogP contribution in [-0.4, -0.2) is 23.0 Å². The highest BCUT2D eigenvalue weighted by Gasteiger charge is 2.29. The molecular formula is C17H21N3O. The summed E-state index contributed by atoms with van der Waals surface area (Å²) < 4.78 is 5.20. The van der Waals surface area contributed by atoms with Gasteiger partial charge in [-0.05, 0) is 36.6 Å². The number of nitrogens with two attached hydrogens (primary N) is 1. The number of nitrogens with zero attached hydrogens (tertiary/aromatic N) is 2. The lowest BCUT2D eigenvalue weighted by Gasteiger charge is -2.22. The topological polar surface area (TPSA) is 51.4 Å². The zero-order chi connectivity index (χ0) is 14.7. The molecule has 1 heterocycles. The van der Waals surface area contributed by atoms with Gasteiger partial charge in [0.15, 0.2) is 0 Å². The van der Waals surface area contributed by atoms with Gasteiger partial charge in [0.2, 0.25) is 5.88 Å². The molecule has 0 amide bonds. The number of methoxy groups -OCH3 is 1. The molecule has 0 radical (unpaired) electrons. The van der Waals surface area contributed by atoms with E-state index in [1.807, 2.05) is 24.3 Å². The van der Waals surface area contributed by atoms with Crippen LogP contribution in [0.25, 0.3) is 0 Å². The second kappa shape index (κ2) is 6.14. The molecule has 0 saturated heterocycles. The van der Waals surface area contributed by atoms with Crippen molar-refractivity contribution >= 4 is 5.69 Å². The van der Waals surface area contributed by atoms with E-state index in [1.54, 1.807) is 7.11 Å². The van der Waals surface area contributed by atoms with Crippen LogP contribution in [0.5, 0.6) is 5.88 Å². The largest absolute Gasteiger partial charge is 0.481 e. The predicted molar refractivity (Wildman–Crippen MR) is 83.9 cm³/mol. The zero-order valence-electron chi connectivity index (χ0n) is 12.3. The molecule has 1 saturated carbocycles. The summed E-state index contributed by atoms with van der Waals surface area (Å²) >= 11 is 0. The molecular weight excluding hydrogens is 262 g/mol. The Kier molecular flexibility index (Phi) is 4.06. The molecule has 4 heteroatoms. The number of anilines is 1. The monoisotopic (exact) mass is 283 g/mol. The van der Waals surface area contributed by atoms with Crippen molar-refractivity contribution in [2.24, 2.45) is 0 Å². The van der Waals surface area contributed by atoms with Gasteiger partial charge in [-0.1, -0.05) is 18.2 Å². The Balaban J connectivity index is 1.71. The summed E-state index contributed by atoms with van der Waals surface area (Å²) in [5.41, 5.74) is 8.90. The fraction of sp³-hybridized carbons (Fsp3) is 0.353. The van der Waals surface area contributed by atoms with Crippen LogP contribution < -0.4 is 10.5 Å². The standard InChI is InChI=1S/C17H21N3O/c1-21-17-4-2-3-15(19-17)12-20(16-9-10-16)11-13-5-7-14(18)8-6-13/h2-8,16H,9-12,18H2,1H3. The number of hydrogen-bond acceptors (Lipinski definition) is 4. The second-order valence-electron chi connectivity index (χ2n) is 5.55. The summed E-state index contributed by atoms with van der Waals surface area (Å²) in [4.78, 5) is 6.99. The van der Waals surface area contributed by atoms with Crippen LogP contribution in [0, 0.1) is 0 Å². The normalized spacial score (nSPS) is 14.4. The molecule has 2 N–H and O–H groups in total. The van der Waals surface area contributed by atoms with E-state index in [0.29, 0.717) is 11.9 Å². The lowest BCUT2D eigenvalue weighted by atomic mass is 10.2. The minimum Gasteiger partial charge on any atom is -0.481 e. The maximum atomic E-state index is 5.75. The number of ether oxygens (including phenoxy) is 1. The predicted octanol–water partition coefficient (Wildman–Crippen LogP) is 2.84. The smallest absolute Gasteiger partial charge is 0.213 e. The van der Waals surface area contributed by atoms with E-state index >= 15 is 0 Å². The summed E-state index contributed by atoms with van der Waals surface area (Å²) in [6.45, 7) is 1.79. The summed E-state index contributed by atoms with van der Waals surface area (Å²) in [7, 11) is 1.65. The van der Waals surface area contributed by atoms with Crippen molar-refractivity contribution in [2.75, 3.05) is 12.8 Å². The van der Waals surface area contributed by atoms with E-state index in [9.17, 15) is 0 Å². The van der Waals surface area contributed by atoms with Gasteiger partial charge < -0.3 is 10.5 Å². The average molecular weight is 283 g/mol. The molecule has 1 aliphatic rings. The molecule has 1 aromatic heterocycles. The van der Waals surface area contributed by atoms with E-state index in [4.69, 9.17) is 10.5 Å². The van der Waals surface area contributed by atoms with Crippen molar-refractivity contribution in [2.45, 2.75) is 32.0 Å². The molecule has 1 fully saturated rings. The first-order chi connectivity index (χ1) is 10.2. The Morgan fingerprint density at radius 1 is 1.14 bits per heavy atom. The first-order valence-electron chi connectivity index (χ1n) is 7.33. The molecule has 2 aromatic rings. The van der Waals surface area contributed by atoms with E-state index in [2.05, 4.69) is 28.1 Å². The fourth-order valence-electron chi connectivity index (χ4n) is 2.48. The quantitative estimate of drug-likeness (QED) is 0.828. The Morgan fingerprint density at radius 3 is 2.57 bits per heavy atom. The lowest BCUT2D eigenvalue weighted by Crippen LogP contribution is -2.25. The van der Waals surface area contributed by atoms with Crippen LogP contribution >= 0.6 is 0 Å². The molecule has 110 valence electrons. The Labute approximate surface area is 125 Å². The fourth-order valence-corrected chi connectivity index (χ4v) is 2.48. The molecule has 0 atom stereocenters. The van der Waals surface area contributed by atoms with Crippen LogP contribution in [0.2, 0.25) is 0 Å². The second-order valence-corrected chi connectivity index (χ2v) is 5.55. The van der Waals surface area contributed by atoms with Crippen molar-refractivity contribution in [3.05, 3.63) is 53.7 Å². The van der Waals surface area contributed by atoms with E-state index in [1.165, 1.54) is 18.4 Å². The van der Waals surface area contributed by atoms with Crippen LogP contribution in [0.4, 0.5) is 5.69 Å². The molecule has 0 spiro atoms. The van der Waals surface area contributed by atoms with Crippen molar-refractivity contribution in [1.29, 1.82) is 0 Å². The van der Waals surface area contributed by atoms with Crippen LogP contribution in [0.15, 0.2) is 42.5 Å². The van der Waals surface area contributed by atoms with Gasteiger partial charge in [0.1, 0.15) is 0 Å². The van der Waals surface area contributed by atoms with Crippen molar-refractivity contribution in [1.82, 2.24) is 9.88 Å². The van der Waals surface area contributed by atoms with Crippen LogP contribution in [0.3, 0.4) is 0 Å². The van der Waals surface area contributed by atoms with Gasteiger partial charge in [0.25, 0.3) is 0 Å². The number of hydrogen-bond donors (Lipinski definition) is 1. The molecule has 1 aromatic carbocycles. The SMILES string of the molecule is COc1cccc(CN(Cc2ccc(N)cc2)C2CC2)n1. The van der Waals surface area contributed by atoms with E-state index < -0.39 is 0 Å². The number of pyridine rings is 1. The van der Waals surface area contributed by atoms with Crippen molar-refractivity contribution in [3.8, 4) is 5.88 Å².